The maximum Gasteiger partial charge on any atom is 0.317 e. The normalized spacial score (nSPS) is 11.0. The Morgan fingerprint density at radius 1 is 1.00 bits per heavy atom. The van der Waals surface area contributed by atoms with E-state index in [1.165, 1.54) is 0 Å². The second-order valence-corrected chi connectivity index (χ2v) is 3.86. The highest BCUT2D eigenvalue weighted by atomic mass is 16.4. The van der Waals surface area contributed by atoms with Gasteiger partial charge in [0.05, 0.1) is 0 Å². The SMILES string of the molecule is CCCN(CCC)CCC(C(=O)O)C(=O)O. The Morgan fingerprint density at radius 3 is 1.75 bits per heavy atom. The first-order valence-corrected chi connectivity index (χ1v) is 5.70. The van der Waals surface area contributed by atoms with Crippen molar-refractivity contribution in [3.05, 3.63) is 0 Å². The summed E-state index contributed by atoms with van der Waals surface area (Å²) in [5.41, 5.74) is 0. The molecular weight excluding hydrogens is 210 g/mol. The van der Waals surface area contributed by atoms with Crippen LogP contribution in [0.1, 0.15) is 33.1 Å². The van der Waals surface area contributed by atoms with Gasteiger partial charge in [0, 0.05) is 0 Å². The monoisotopic (exact) mass is 231 g/mol. The van der Waals surface area contributed by atoms with Crippen molar-refractivity contribution in [2.45, 2.75) is 33.1 Å². The van der Waals surface area contributed by atoms with Gasteiger partial charge in [0.25, 0.3) is 0 Å². The maximum absolute atomic E-state index is 10.7. The molecule has 5 heteroatoms. The Labute approximate surface area is 96.1 Å². The molecule has 0 heterocycles. The molecule has 0 bridgehead atoms. The summed E-state index contributed by atoms with van der Waals surface area (Å²) in [5.74, 6) is -3.78. The first-order chi connectivity index (χ1) is 7.52. The zero-order chi connectivity index (χ0) is 12.6. The molecule has 0 saturated carbocycles. The number of nitrogens with zero attached hydrogens (tertiary/aromatic N) is 1. The summed E-state index contributed by atoms with van der Waals surface area (Å²) in [4.78, 5) is 23.4. The Bertz CT molecular complexity index is 210. The smallest absolute Gasteiger partial charge is 0.317 e. The Hall–Kier alpha value is -1.10. The number of aliphatic carboxylic acids is 2. The summed E-state index contributed by atoms with van der Waals surface area (Å²) in [5, 5.41) is 17.4. The van der Waals surface area contributed by atoms with E-state index >= 15 is 0 Å². The summed E-state index contributed by atoms with van der Waals surface area (Å²) in [6.45, 7) is 6.41. The number of carboxylic acid groups (broad SMARTS) is 2. The molecule has 0 fully saturated rings. The standard InChI is InChI=1S/C11H21NO4/c1-3-6-12(7-4-2)8-5-9(10(13)14)11(15)16/h9H,3-8H2,1-2H3,(H,13,14)(H,15,16). The zero-order valence-electron chi connectivity index (χ0n) is 9.98. The minimum Gasteiger partial charge on any atom is -0.481 e. The molecule has 0 rings (SSSR count). The van der Waals surface area contributed by atoms with Crippen molar-refractivity contribution in [2.75, 3.05) is 19.6 Å². The van der Waals surface area contributed by atoms with Gasteiger partial charge in [-0.3, -0.25) is 9.59 Å². The van der Waals surface area contributed by atoms with E-state index in [4.69, 9.17) is 10.2 Å². The lowest BCUT2D eigenvalue weighted by Crippen LogP contribution is -2.32. The Morgan fingerprint density at radius 2 is 1.44 bits per heavy atom. The van der Waals surface area contributed by atoms with Gasteiger partial charge in [-0.2, -0.15) is 0 Å². The van der Waals surface area contributed by atoms with Crippen LogP contribution < -0.4 is 0 Å². The highest BCUT2D eigenvalue weighted by Crippen LogP contribution is 2.06. The van der Waals surface area contributed by atoms with E-state index in [1.54, 1.807) is 0 Å². The number of carbonyl (C=O) groups is 2. The predicted octanol–water partition coefficient (Wildman–Crippen LogP) is 1.28. The van der Waals surface area contributed by atoms with Crippen LogP contribution >= 0.6 is 0 Å². The molecule has 0 aliphatic carbocycles. The summed E-state index contributed by atoms with van der Waals surface area (Å²) >= 11 is 0. The molecule has 0 aromatic heterocycles. The molecule has 0 amide bonds. The summed E-state index contributed by atoms with van der Waals surface area (Å²) in [6.07, 6.45) is 2.15. The molecule has 2 N–H and O–H groups in total. The summed E-state index contributed by atoms with van der Waals surface area (Å²) in [6, 6.07) is 0. The van der Waals surface area contributed by atoms with E-state index < -0.39 is 17.9 Å². The van der Waals surface area contributed by atoms with E-state index in [1.807, 2.05) is 0 Å². The van der Waals surface area contributed by atoms with Crippen LogP contribution in [0.2, 0.25) is 0 Å². The van der Waals surface area contributed by atoms with Crippen molar-refractivity contribution in [1.29, 1.82) is 0 Å². The minimum absolute atomic E-state index is 0.171. The number of hydrogen-bond donors (Lipinski definition) is 2. The van der Waals surface area contributed by atoms with Gasteiger partial charge in [-0.15, -0.1) is 0 Å². The van der Waals surface area contributed by atoms with Gasteiger partial charge in [0.15, 0.2) is 5.92 Å². The second kappa shape index (κ2) is 8.10. The third-order valence-electron chi connectivity index (χ3n) is 2.41. The van der Waals surface area contributed by atoms with Crippen LogP contribution in [0.15, 0.2) is 0 Å². The molecule has 0 aromatic rings. The molecule has 0 aliphatic rings. The molecule has 94 valence electrons. The van der Waals surface area contributed by atoms with Crippen molar-refractivity contribution >= 4 is 11.9 Å². The van der Waals surface area contributed by atoms with Crippen molar-refractivity contribution in [3.8, 4) is 0 Å². The van der Waals surface area contributed by atoms with Gasteiger partial charge in [-0.1, -0.05) is 13.8 Å². The molecule has 0 unspecified atom stereocenters. The van der Waals surface area contributed by atoms with Crippen molar-refractivity contribution in [3.63, 3.8) is 0 Å². The summed E-state index contributed by atoms with van der Waals surface area (Å²) in [7, 11) is 0. The highest BCUT2D eigenvalue weighted by Gasteiger charge is 2.25. The molecule has 16 heavy (non-hydrogen) atoms. The zero-order valence-corrected chi connectivity index (χ0v) is 9.98. The number of hydrogen-bond acceptors (Lipinski definition) is 3. The van der Waals surface area contributed by atoms with Crippen LogP contribution in [0.25, 0.3) is 0 Å². The quantitative estimate of drug-likeness (QED) is 0.584. The second-order valence-electron chi connectivity index (χ2n) is 3.86. The van der Waals surface area contributed by atoms with Crippen molar-refractivity contribution in [1.82, 2.24) is 4.90 Å². The average Bonchev–Trinajstić information content (AvgIpc) is 2.17. The van der Waals surface area contributed by atoms with Crippen LogP contribution in [0.3, 0.4) is 0 Å². The Balaban J connectivity index is 4.14. The van der Waals surface area contributed by atoms with Crippen LogP contribution in [0.5, 0.6) is 0 Å². The van der Waals surface area contributed by atoms with E-state index in [2.05, 4.69) is 18.7 Å². The fourth-order valence-corrected chi connectivity index (χ4v) is 1.63. The molecule has 5 nitrogen and oxygen atoms in total. The third-order valence-corrected chi connectivity index (χ3v) is 2.41. The van der Waals surface area contributed by atoms with Gasteiger partial charge in [-0.05, 0) is 38.9 Å². The van der Waals surface area contributed by atoms with Gasteiger partial charge in [-0.25, -0.2) is 0 Å². The maximum atomic E-state index is 10.7. The molecule has 0 saturated heterocycles. The Kier molecular flexibility index (Phi) is 7.54. The first kappa shape index (κ1) is 14.9. The van der Waals surface area contributed by atoms with E-state index in [0.717, 1.165) is 25.9 Å². The molecule has 0 aromatic carbocycles. The molecule has 0 aliphatic heterocycles. The van der Waals surface area contributed by atoms with Crippen LogP contribution in [-0.4, -0.2) is 46.7 Å². The number of carboxylic acids is 2. The van der Waals surface area contributed by atoms with Crippen LogP contribution in [-0.2, 0) is 9.59 Å². The lowest BCUT2D eigenvalue weighted by molar-refractivity contribution is -0.154. The van der Waals surface area contributed by atoms with Crippen LogP contribution in [0, 0.1) is 5.92 Å². The van der Waals surface area contributed by atoms with E-state index in [0.29, 0.717) is 6.54 Å². The molecule has 0 radical (unpaired) electrons. The lowest BCUT2D eigenvalue weighted by Gasteiger charge is -2.21. The van der Waals surface area contributed by atoms with Crippen molar-refractivity contribution < 1.29 is 19.8 Å². The van der Waals surface area contributed by atoms with E-state index in [-0.39, 0.29) is 6.42 Å². The fourth-order valence-electron chi connectivity index (χ4n) is 1.63. The van der Waals surface area contributed by atoms with Gasteiger partial charge >= 0.3 is 11.9 Å². The molecule has 0 spiro atoms. The topological polar surface area (TPSA) is 77.8 Å². The van der Waals surface area contributed by atoms with E-state index in [9.17, 15) is 9.59 Å². The highest BCUT2D eigenvalue weighted by molar-refractivity contribution is 5.92. The first-order valence-electron chi connectivity index (χ1n) is 5.70. The number of rotatable bonds is 9. The van der Waals surface area contributed by atoms with Gasteiger partial charge in [0.1, 0.15) is 0 Å². The average molecular weight is 231 g/mol. The largest absolute Gasteiger partial charge is 0.481 e. The van der Waals surface area contributed by atoms with Gasteiger partial charge in [0.2, 0.25) is 0 Å². The molecular formula is C11H21NO4. The minimum atomic E-state index is -1.28. The third kappa shape index (κ3) is 5.70. The van der Waals surface area contributed by atoms with Gasteiger partial charge < -0.3 is 15.1 Å². The van der Waals surface area contributed by atoms with Crippen molar-refractivity contribution in [2.24, 2.45) is 5.92 Å². The predicted molar refractivity (Wildman–Crippen MR) is 60.4 cm³/mol. The lowest BCUT2D eigenvalue weighted by atomic mass is 10.1. The fraction of sp³-hybridized carbons (Fsp3) is 0.818. The summed E-state index contributed by atoms with van der Waals surface area (Å²) < 4.78 is 0. The molecule has 0 atom stereocenters. The van der Waals surface area contributed by atoms with Crippen LogP contribution in [0.4, 0.5) is 0 Å².